The predicted octanol–water partition coefficient (Wildman–Crippen LogP) is 3.62. The van der Waals surface area contributed by atoms with E-state index < -0.39 is 6.17 Å². The Balaban J connectivity index is 2.68. The van der Waals surface area contributed by atoms with Gasteiger partial charge in [-0.2, -0.15) is 0 Å². The van der Waals surface area contributed by atoms with E-state index in [2.05, 4.69) is 13.5 Å². The zero-order valence-electron chi connectivity index (χ0n) is 9.05. The summed E-state index contributed by atoms with van der Waals surface area (Å²) >= 11 is 0. The van der Waals surface area contributed by atoms with Crippen LogP contribution in [0.3, 0.4) is 0 Å². The van der Waals surface area contributed by atoms with Gasteiger partial charge in [-0.05, 0) is 30.4 Å². The van der Waals surface area contributed by atoms with Crippen molar-refractivity contribution in [2.45, 2.75) is 39.3 Å². The molecule has 1 aliphatic rings. The van der Waals surface area contributed by atoms with E-state index in [0.717, 1.165) is 24.4 Å². The number of rotatable bonds is 4. The molecule has 1 rings (SSSR count). The third-order valence-corrected chi connectivity index (χ3v) is 2.56. The van der Waals surface area contributed by atoms with Crippen LogP contribution in [0.1, 0.15) is 33.1 Å². The van der Waals surface area contributed by atoms with Gasteiger partial charge in [-0.3, -0.25) is 0 Å². The van der Waals surface area contributed by atoms with Crippen LogP contribution >= 0.6 is 0 Å². The van der Waals surface area contributed by atoms with Gasteiger partial charge in [-0.25, -0.2) is 4.39 Å². The second kappa shape index (κ2) is 5.18. The average molecular weight is 198 g/mol. The van der Waals surface area contributed by atoms with E-state index in [9.17, 15) is 4.39 Å². The van der Waals surface area contributed by atoms with Crippen LogP contribution < -0.4 is 0 Å². The molecule has 0 radical (unpaired) electrons. The van der Waals surface area contributed by atoms with E-state index >= 15 is 0 Å². The minimum absolute atomic E-state index is 0.498. The summed E-state index contributed by atoms with van der Waals surface area (Å²) in [6.07, 6.45) is 2.98. The van der Waals surface area contributed by atoms with Crippen LogP contribution in [0.25, 0.3) is 0 Å². The molecule has 1 nitrogen and oxygen atoms in total. The van der Waals surface area contributed by atoms with Crippen LogP contribution in [-0.4, -0.2) is 12.8 Å². The van der Waals surface area contributed by atoms with E-state index in [4.69, 9.17) is 4.74 Å². The van der Waals surface area contributed by atoms with Crippen molar-refractivity contribution in [3.8, 4) is 0 Å². The summed E-state index contributed by atoms with van der Waals surface area (Å²) in [7, 11) is 0. The molecule has 0 bridgehead atoms. The second-order valence-corrected chi connectivity index (χ2v) is 4.00. The van der Waals surface area contributed by atoms with Crippen LogP contribution in [0, 0.1) is 5.92 Å². The molecular formula is C12H19FO. The molecule has 80 valence electrons. The van der Waals surface area contributed by atoms with Gasteiger partial charge >= 0.3 is 0 Å². The van der Waals surface area contributed by atoms with Crippen molar-refractivity contribution in [1.29, 1.82) is 0 Å². The van der Waals surface area contributed by atoms with Crippen molar-refractivity contribution < 1.29 is 9.13 Å². The summed E-state index contributed by atoms with van der Waals surface area (Å²) in [5.74, 6) is 1.30. The molecule has 1 heterocycles. The molecule has 0 aliphatic carbocycles. The molecule has 0 saturated heterocycles. The zero-order chi connectivity index (χ0) is 10.6. The Hall–Kier alpha value is -0.790. The Bertz CT molecular complexity index is 232. The van der Waals surface area contributed by atoms with Gasteiger partial charge in [0, 0.05) is 6.42 Å². The van der Waals surface area contributed by atoms with Crippen LogP contribution in [-0.2, 0) is 4.74 Å². The SMILES string of the molecule is C=CC1=C(CC(F)CC)CC(C)CO1. The fourth-order valence-electron chi connectivity index (χ4n) is 1.71. The van der Waals surface area contributed by atoms with E-state index in [1.54, 1.807) is 6.08 Å². The minimum Gasteiger partial charge on any atom is -0.493 e. The molecule has 0 aromatic carbocycles. The Labute approximate surface area is 85.6 Å². The highest BCUT2D eigenvalue weighted by molar-refractivity contribution is 5.21. The smallest absolute Gasteiger partial charge is 0.118 e. The highest BCUT2D eigenvalue weighted by atomic mass is 19.1. The Morgan fingerprint density at radius 3 is 3.00 bits per heavy atom. The first-order valence-corrected chi connectivity index (χ1v) is 5.28. The first-order chi connectivity index (χ1) is 6.67. The van der Waals surface area contributed by atoms with Crippen LogP contribution in [0.5, 0.6) is 0 Å². The largest absolute Gasteiger partial charge is 0.493 e. The van der Waals surface area contributed by atoms with Gasteiger partial charge < -0.3 is 4.74 Å². The molecule has 0 fully saturated rings. The van der Waals surface area contributed by atoms with Gasteiger partial charge in [0.1, 0.15) is 11.9 Å². The summed E-state index contributed by atoms with van der Waals surface area (Å²) in [6, 6.07) is 0. The number of hydrogen-bond acceptors (Lipinski definition) is 1. The zero-order valence-corrected chi connectivity index (χ0v) is 9.05. The van der Waals surface area contributed by atoms with Crippen molar-refractivity contribution in [3.63, 3.8) is 0 Å². The first kappa shape index (κ1) is 11.3. The molecule has 2 heteroatoms. The number of alkyl halides is 1. The molecule has 0 N–H and O–H groups in total. The van der Waals surface area contributed by atoms with Crippen LogP contribution in [0.4, 0.5) is 4.39 Å². The Morgan fingerprint density at radius 2 is 2.43 bits per heavy atom. The maximum Gasteiger partial charge on any atom is 0.118 e. The summed E-state index contributed by atoms with van der Waals surface area (Å²) in [5, 5.41) is 0. The summed E-state index contributed by atoms with van der Waals surface area (Å²) in [5.41, 5.74) is 1.09. The maximum absolute atomic E-state index is 13.2. The van der Waals surface area contributed by atoms with Crippen molar-refractivity contribution in [2.24, 2.45) is 5.92 Å². The highest BCUT2D eigenvalue weighted by Gasteiger charge is 2.19. The molecular weight excluding hydrogens is 179 g/mol. The highest BCUT2D eigenvalue weighted by Crippen LogP contribution is 2.28. The monoisotopic (exact) mass is 198 g/mol. The van der Waals surface area contributed by atoms with E-state index in [-0.39, 0.29) is 0 Å². The van der Waals surface area contributed by atoms with Crippen molar-refractivity contribution in [2.75, 3.05) is 6.61 Å². The number of allylic oxidation sites excluding steroid dienone is 2. The summed E-state index contributed by atoms with van der Waals surface area (Å²) in [6.45, 7) is 8.41. The van der Waals surface area contributed by atoms with Gasteiger partial charge in [0.25, 0.3) is 0 Å². The molecule has 0 amide bonds. The summed E-state index contributed by atoms with van der Waals surface area (Å²) in [4.78, 5) is 0. The second-order valence-electron chi connectivity index (χ2n) is 4.00. The quantitative estimate of drug-likeness (QED) is 0.670. The molecule has 0 aromatic heterocycles. The molecule has 14 heavy (non-hydrogen) atoms. The first-order valence-electron chi connectivity index (χ1n) is 5.28. The van der Waals surface area contributed by atoms with Gasteiger partial charge in [0.2, 0.25) is 0 Å². The number of ether oxygens (including phenoxy) is 1. The topological polar surface area (TPSA) is 9.23 Å². The lowest BCUT2D eigenvalue weighted by Crippen LogP contribution is -2.16. The van der Waals surface area contributed by atoms with Gasteiger partial charge in [-0.1, -0.05) is 20.4 Å². The standard InChI is InChI=1S/C12H19FO/c1-4-11(13)7-10-6-9(3)8-14-12(10)5-2/h5,9,11H,2,4,6-8H2,1,3H3. The van der Waals surface area contributed by atoms with E-state index in [0.29, 0.717) is 18.8 Å². The molecule has 0 aromatic rings. The van der Waals surface area contributed by atoms with Gasteiger partial charge in [0.15, 0.2) is 0 Å². The number of hydrogen-bond donors (Lipinski definition) is 0. The van der Waals surface area contributed by atoms with E-state index in [1.807, 2.05) is 6.92 Å². The lowest BCUT2D eigenvalue weighted by molar-refractivity contribution is 0.152. The average Bonchev–Trinajstić information content (AvgIpc) is 2.18. The fourth-order valence-corrected chi connectivity index (χ4v) is 1.71. The minimum atomic E-state index is -0.742. The fraction of sp³-hybridized carbons (Fsp3) is 0.667. The van der Waals surface area contributed by atoms with Crippen LogP contribution in [0.15, 0.2) is 24.0 Å². The Morgan fingerprint density at radius 1 is 1.71 bits per heavy atom. The van der Waals surface area contributed by atoms with Crippen molar-refractivity contribution in [3.05, 3.63) is 24.0 Å². The van der Waals surface area contributed by atoms with Crippen molar-refractivity contribution >= 4 is 0 Å². The third-order valence-electron chi connectivity index (χ3n) is 2.56. The predicted molar refractivity (Wildman–Crippen MR) is 56.8 cm³/mol. The van der Waals surface area contributed by atoms with Gasteiger partial charge in [-0.15, -0.1) is 0 Å². The van der Waals surface area contributed by atoms with Gasteiger partial charge in [0.05, 0.1) is 6.61 Å². The molecule has 2 atom stereocenters. The molecule has 1 aliphatic heterocycles. The normalized spacial score (nSPS) is 24.4. The summed E-state index contributed by atoms with van der Waals surface area (Å²) < 4.78 is 18.7. The maximum atomic E-state index is 13.2. The Kier molecular flexibility index (Phi) is 4.18. The molecule has 0 saturated carbocycles. The molecule has 2 unspecified atom stereocenters. The molecule has 0 spiro atoms. The van der Waals surface area contributed by atoms with Crippen LogP contribution in [0.2, 0.25) is 0 Å². The number of halogens is 1. The lowest BCUT2D eigenvalue weighted by atomic mass is 9.94. The van der Waals surface area contributed by atoms with Crippen molar-refractivity contribution in [1.82, 2.24) is 0 Å². The van der Waals surface area contributed by atoms with E-state index in [1.165, 1.54) is 0 Å². The lowest BCUT2D eigenvalue weighted by Gasteiger charge is -2.24. The third kappa shape index (κ3) is 2.86.